The van der Waals surface area contributed by atoms with Gasteiger partial charge in [0.1, 0.15) is 18.1 Å². The molecule has 174 valence electrons. The summed E-state index contributed by atoms with van der Waals surface area (Å²) in [6.45, 7) is 3.77. The van der Waals surface area contributed by atoms with Gasteiger partial charge in [-0.3, -0.25) is 9.10 Å². The van der Waals surface area contributed by atoms with E-state index < -0.39 is 28.3 Å². The van der Waals surface area contributed by atoms with Crippen LogP contribution < -0.4 is 14.4 Å². The summed E-state index contributed by atoms with van der Waals surface area (Å²) in [4.78, 5) is 12.9. The van der Waals surface area contributed by atoms with E-state index in [-0.39, 0.29) is 16.6 Å². The average molecular weight is 471 g/mol. The molecule has 0 spiro atoms. The minimum absolute atomic E-state index is 0.00169. The van der Waals surface area contributed by atoms with E-state index in [9.17, 15) is 17.6 Å². The molecule has 0 saturated heterocycles. The second-order valence-electron chi connectivity index (χ2n) is 7.33. The number of benzene rings is 3. The molecule has 0 saturated carbocycles. The number of carbonyl (C=O) groups is 1. The number of hydrogen-bond acceptors (Lipinski definition) is 4. The Bertz CT molecular complexity index is 1150. The zero-order chi connectivity index (χ0) is 23.8. The molecule has 8 heteroatoms. The lowest BCUT2D eigenvalue weighted by atomic mass is 10.0. The summed E-state index contributed by atoms with van der Waals surface area (Å²) in [6, 6.07) is 20.2. The van der Waals surface area contributed by atoms with Crippen molar-refractivity contribution in [1.82, 2.24) is 5.32 Å². The van der Waals surface area contributed by atoms with Crippen LogP contribution in [-0.2, 0) is 14.8 Å². The van der Waals surface area contributed by atoms with E-state index >= 15 is 0 Å². The Hall–Kier alpha value is -3.39. The molecule has 33 heavy (non-hydrogen) atoms. The molecule has 0 aliphatic rings. The van der Waals surface area contributed by atoms with Gasteiger partial charge in [-0.05, 0) is 67.4 Å². The molecule has 6 nitrogen and oxygen atoms in total. The lowest BCUT2D eigenvalue weighted by Gasteiger charge is -2.26. The van der Waals surface area contributed by atoms with Crippen LogP contribution in [-0.4, -0.2) is 27.5 Å². The quantitative estimate of drug-likeness (QED) is 0.467. The van der Waals surface area contributed by atoms with Crippen molar-refractivity contribution in [1.29, 1.82) is 0 Å². The van der Waals surface area contributed by atoms with Gasteiger partial charge in [0.2, 0.25) is 5.91 Å². The lowest BCUT2D eigenvalue weighted by Crippen LogP contribution is -2.42. The maximum Gasteiger partial charge on any atom is 0.264 e. The van der Waals surface area contributed by atoms with Gasteiger partial charge in [-0.15, -0.1) is 0 Å². The largest absolute Gasteiger partial charge is 0.494 e. The smallest absolute Gasteiger partial charge is 0.264 e. The number of hydrogen-bond donors (Lipinski definition) is 1. The average Bonchev–Trinajstić information content (AvgIpc) is 2.83. The van der Waals surface area contributed by atoms with Crippen molar-refractivity contribution in [3.05, 3.63) is 90.2 Å². The zero-order valence-corrected chi connectivity index (χ0v) is 19.4. The van der Waals surface area contributed by atoms with Crippen molar-refractivity contribution in [2.75, 3.05) is 17.5 Å². The topological polar surface area (TPSA) is 75.7 Å². The number of carbonyl (C=O) groups excluding carboxylic acids is 1. The van der Waals surface area contributed by atoms with Crippen LogP contribution in [0, 0.1) is 5.82 Å². The first-order chi connectivity index (χ1) is 15.8. The first-order valence-corrected chi connectivity index (χ1v) is 12.1. The molecule has 0 aliphatic carbocycles. The number of sulfonamides is 1. The molecular formula is C25H27FN2O4S. The highest BCUT2D eigenvalue weighted by atomic mass is 32.2. The zero-order valence-electron chi connectivity index (χ0n) is 18.6. The summed E-state index contributed by atoms with van der Waals surface area (Å²) in [5, 5.41) is 2.90. The second kappa shape index (κ2) is 11.0. The lowest BCUT2D eigenvalue weighted by molar-refractivity contribution is -0.120. The van der Waals surface area contributed by atoms with Crippen LogP contribution in [0.25, 0.3) is 0 Å². The first-order valence-electron chi connectivity index (χ1n) is 10.7. The van der Waals surface area contributed by atoms with Crippen molar-refractivity contribution < 1.29 is 22.3 Å². The molecule has 3 aromatic carbocycles. The van der Waals surface area contributed by atoms with Crippen molar-refractivity contribution in [3.63, 3.8) is 0 Å². The molecule has 0 radical (unpaired) electrons. The highest BCUT2D eigenvalue weighted by molar-refractivity contribution is 7.92. The highest BCUT2D eigenvalue weighted by Crippen LogP contribution is 2.26. The summed E-state index contributed by atoms with van der Waals surface area (Å²) in [6.07, 6.45) is 0.637. The fourth-order valence-corrected chi connectivity index (χ4v) is 4.82. The first kappa shape index (κ1) is 24.3. The summed E-state index contributed by atoms with van der Waals surface area (Å²) in [7, 11) is -4.11. The van der Waals surface area contributed by atoms with Crippen LogP contribution in [0.15, 0.2) is 83.8 Å². The molecule has 1 N–H and O–H groups in total. The molecule has 0 unspecified atom stereocenters. The minimum atomic E-state index is -4.11. The third-order valence-corrected chi connectivity index (χ3v) is 6.86. The van der Waals surface area contributed by atoms with Gasteiger partial charge in [-0.2, -0.15) is 0 Å². The van der Waals surface area contributed by atoms with E-state index in [4.69, 9.17) is 4.74 Å². The van der Waals surface area contributed by atoms with Gasteiger partial charge in [0.05, 0.1) is 23.2 Å². The maximum atomic E-state index is 13.5. The summed E-state index contributed by atoms with van der Waals surface area (Å²) < 4.78 is 46.8. The minimum Gasteiger partial charge on any atom is -0.494 e. The van der Waals surface area contributed by atoms with Gasteiger partial charge in [-0.1, -0.05) is 37.3 Å². The predicted molar refractivity (Wildman–Crippen MR) is 126 cm³/mol. The summed E-state index contributed by atoms with van der Waals surface area (Å²) in [5.41, 5.74) is 1.12. The predicted octanol–water partition coefficient (Wildman–Crippen LogP) is 4.69. The Labute approximate surface area is 194 Å². The maximum absolute atomic E-state index is 13.5. The Morgan fingerprint density at radius 2 is 1.61 bits per heavy atom. The molecule has 1 atom stereocenters. The van der Waals surface area contributed by atoms with Crippen molar-refractivity contribution in [2.24, 2.45) is 0 Å². The third kappa shape index (κ3) is 6.10. The molecule has 0 fully saturated rings. The summed E-state index contributed by atoms with van der Waals surface area (Å²) >= 11 is 0. The van der Waals surface area contributed by atoms with Gasteiger partial charge >= 0.3 is 0 Å². The van der Waals surface area contributed by atoms with Gasteiger partial charge in [0.25, 0.3) is 10.0 Å². The summed E-state index contributed by atoms with van der Waals surface area (Å²) in [5.74, 6) is -0.433. The molecular weight excluding hydrogens is 443 g/mol. The van der Waals surface area contributed by atoms with Gasteiger partial charge in [0.15, 0.2) is 0 Å². The van der Waals surface area contributed by atoms with E-state index in [1.54, 1.807) is 12.1 Å². The van der Waals surface area contributed by atoms with Crippen molar-refractivity contribution >= 4 is 21.6 Å². The normalized spacial score (nSPS) is 12.1. The number of halogens is 1. The molecule has 0 heterocycles. The number of ether oxygens (including phenoxy) is 1. The molecule has 0 aliphatic heterocycles. The van der Waals surface area contributed by atoms with E-state index in [1.165, 1.54) is 24.3 Å². The molecule has 0 bridgehead atoms. The van der Waals surface area contributed by atoms with E-state index in [0.29, 0.717) is 18.8 Å². The Morgan fingerprint density at radius 1 is 0.970 bits per heavy atom. The Morgan fingerprint density at radius 3 is 2.18 bits per heavy atom. The number of rotatable bonds is 10. The molecule has 3 rings (SSSR count). The number of amides is 1. The Balaban J connectivity index is 1.89. The third-order valence-electron chi connectivity index (χ3n) is 5.07. The standard InChI is InChI=1S/C25H27FN2O4S/c1-3-24(19-8-6-5-7-9-19)27-25(29)18-28(21-12-10-20(26)11-13-21)33(30,31)23-16-14-22(15-17-23)32-4-2/h5-17,24H,3-4,18H2,1-2H3,(H,27,29)/t24-/m1/s1. The van der Waals surface area contributed by atoms with Gasteiger partial charge in [0, 0.05) is 0 Å². The fraction of sp³-hybridized carbons (Fsp3) is 0.240. The molecule has 1 amide bonds. The highest BCUT2D eigenvalue weighted by Gasteiger charge is 2.28. The number of nitrogens with zero attached hydrogens (tertiary/aromatic N) is 1. The van der Waals surface area contributed by atoms with Crippen LogP contribution in [0.5, 0.6) is 5.75 Å². The van der Waals surface area contributed by atoms with E-state index in [2.05, 4.69) is 5.32 Å². The van der Waals surface area contributed by atoms with Crippen LogP contribution in [0.1, 0.15) is 31.9 Å². The number of nitrogens with one attached hydrogen (secondary N) is 1. The van der Waals surface area contributed by atoms with Crippen molar-refractivity contribution in [2.45, 2.75) is 31.2 Å². The van der Waals surface area contributed by atoms with Crippen LogP contribution in [0.2, 0.25) is 0 Å². The van der Waals surface area contributed by atoms with E-state index in [1.807, 2.05) is 44.2 Å². The van der Waals surface area contributed by atoms with Crippen LogP contribution in [0.4, 0.5) is 10.1 Å². The van der Waals surface area contributed by atoms with E-state index in [0.717, 1.165) is 22.0 Å². The monoisotopic (exact) mass is 470 g/mol. The molecule has 3 aromatic rings. The van der Waals surface area contributed by atoms with Crippen LogP contribution >= 0.6 is 0 Å². The molecule has 0 aromatic heterocycles. The SMILES string of the molecule is CCOc1ccc(S(=O)(=O)N(CC(=O)N[C@H](CC)c2ccccc2)c2ccc(F)cc2)cc1. The number of anilines is 1. The Kier molecular flexibility index (Phi) is 8.06. The fourth-order valence-electron chi connectivity index (χ4n) is 3.40. The van der Waals surface area contributed by atoms with Crippen molar-refractivity contribution in [3.8, 4) is 5.75 Å². The van der Waals surface area contributed by atoms with Gasteiger partial charge in [-0.25, -0.2) is 12.8 Å². The van der Waals surface area contributed by atoms with Gasteiger partial charge < -0.3 is 10.1 Å². The van der Waals surface area contributed by atoms with Crippen LogP contribution in [0.3, 0.4) is 0 Å². The second-order valence-corrected chi connectivity index (χ2v) is 9.19.